The molecule has 0 aromatic carbocycles. The monoisotopic (exact) mass is 336 g/mol. The number of nitrogens with zero attached hydrogens (tertiary/aromatic N) is 5. The van der Waals surface area contributed by atoms with Gasteiger partial charge in [0.2, 0.25) is 0 Å². The van der Waals surface area contributed by atoms with E-state index in [0.29, 0.717) is 18.8 Å². The van der Waals surface area contributed by atoms with Gasteiger partial charge in [-0.2, -0.15) is 0 Å². The molecule has 1 fully saturated rings. The lowest BCUT2D eigenvalue weighted by Gasteiger charge is -2.33. The maximum absolute atomic E-state index is 12.1. The van der Waals surface area contributed by atoms with E-state index in [1.807, 2.05) is 20.8 Å². The van der Waals surface area contributed by atoms with Gasteiger partial charge in [-0.3, -0.25) is 0 Å². The molecular weight excluding hydrogens is 316 g/mol. The van der Waals surface area contributed by atoms with Crippen LogP contribution >= 0.6 is 0 Å². The number of amides is 1. The Morgan fingerprint density at radius 1 is 1.38 bits per heavy atom. The van der Waals surface area contributed by atoms with E-state index in [4.69, 9.17) is 9.15 Å². The summed E-state index contributed by atoms with van der Waals surface area (Å²) in [6.07, 6.45) is 2.88. The van der Waals surface area contributed by atoms with Crippen LogP contribution < -0.4 is 5.76 Å². The summed E-state index contributed by atoms with van der Waals surface area (Å²) in [5.74, 6) is -0.525. The molecule has 0 spiro atoms. The van der Waals surface area contributed by atoms with Gasteiger partial charge in [0.25, 0.3) is 5.89 Å². The van der Waals surface area contributed by atoms with Crippen LogP contribution in [0, 0.1) is 0 Å². The summed E-state index contributed by atoms with van der Waals surface area (Å²) in [7, 11) is 0. The standard InChI is InChI=1S/C14H20N6O4/c1-14(2,3)24-13(22)19-6-4-9(5-7-19)20-8-10(15-18-20)11-16-17-12(21)23-11/h8-9H,4-7H2,1-3H3,(H,17,21). The second-order valence-electron chi connectivity index (χ2n) is 6.70. The predicted octanol–water partition coefficient (Wildman–Crippen LogP) is 1.19. The Kier molecular flexibility index (Phi) is 4.12. The Bertz CT molecular complexity index is 763. The highest BCUT2D eigenvalue weighted by Crippen LogP contribution is 2.24. The summed E-state index contributed by atoms with van der Waals surface area (Å²) in [6.45, 7) is 6.73. The van der Waals surface area contributed by atoms with E-state index < -0.39 is 11.4 Å². The maximum atomic E-state index is 12.1. The van der Waals surface area contributed by atoms with Gasteiger partial charge in [0.1, 0.15) is 5.60 Å². The van der Waals surface area contributed by atoms with Gasteiger partial charge in [0, 0.05) is 13.1 Å². The third-order valence-electron chi connectivity index (χ3n) is 3.66. The number of aromatic nitrogens is 5. The number of carbonyl (C=O) groups is 1. The van der Waals surface area contributed by atoms with Crippen molar-refractivity contribution < 1.29 is 13.9 Å². The largest absolute Gasteiger partial charge is 0.444 e. The van der Waals surface area contributed by atoms with E-state index in [1.54, 1.807) is 15.8 Å². The van der Waals surface area contributed by atoms with Crippen molar-refractivity contribution in [2.24, 2.45) is 0 Å². The summed E-state index contributed by atoms with van der Waals surface area (Å²) < 4.78 is 12.0. The Labute approximate surface area is 137 Å². The maximum Gasteiger partial charge on any atom is 0.434 e. The number of H-pyrrole nitrogens is 1. The van der Waals surface area contributed by atoms with Crippen molar-refractivity contribution >= 4 is 6.09 Å². The lowest BCUT2D eigenvalue weighted by Crippen LogP contribution is -2.42. The van der Waals surface area contributed by atoms with Gasteiger partial charge in [-0.1, -0.05) is 5.21 Å². The second-order valence-corrected chi connectivity index (χ2v) is 6.70. The first kappa shape index (κ1) is 16.2. The average Bonchev–Trinajstić information content (AvgIpc) is 3.14. The molecule has 0 bridgehead atoms. The SMILES string of the molecule is CC(C)(C)OC(=O)N1CCC(n2cc(-c3n[nH]c(=O)o3)nn2)CC1. The molecule has 10 nitrogen and oxygen atoms in total. The van der Waals surface area contributed by atoms with Crippen molar-refractivity contribution in [2.45, 2.75) is 45.3 Å². The van der Waals surface area contributed by atoms with Crippen LogP contribution in [0.3, 0.4) is 0 Å². The first-order valence-corrected chi connectivity index (χ1v) is 7.77. The molecule has 3 rings (SSSR count). The van der Waals surface area contributed by atoms with Gasteiger partial charge in [-0.15, -0.1) is 10.2 Å². The number of rotatable bonds is 2. The minimum absolute atomic E-state index is 0.109. The van der Waals surface area contributed by atoms with Gasteiger partial charge >= 0.3 is 11.8 Å². The van der Waals surface area contributed by atoms with E-state index in [2.05, 4.69) is 20.5 Å². The highest BCUT2D eigenvalue weighted by atomic mass is 16.6. The number of nitrogens with one attached hydrogen (secondary N) is 1. The summed E-state index contributed by atoms with van der Waals surface area (Å²) in [5, 5.41) is 14.0. The summed E-state index contributed by atoms with van der Waals surface area (Å²) >= 11 is 0. The molecule has 0 unspecified atom stereocenters. The fourth-order valence-electron chi connectivity index (χ4n) is 2.53. The number of likely N-dealkylation sites (tertiary alicyclic amines) is 1. The molecule has 24 heavy (non-hydrogen) atoms. The van der Waals surface area contributed by atoms with Crippen LogP contribution in [0.15, 0.2) is 15.4 Å². The van der Waals surface area contributed by atoms with Crippen molar-refractivity contribution in [3.63, 3.8) is 0 Å². The number of aromatic amines is 1. The Morgan fingerprint density at radius 3 is 2.67 bits per heavy atom. The molecule has 0 atom stereocenters. The lowest BCUT2D eigenvalue weighted by molar-refractivity contribution is 0.0184. The predicted molar refractivity (Wildman–Crippen MR) is 82.2 cm³/mol. The normalized spacial score (nSPS) is 16.4. The van der Waals surface area contributed by atoms with Crippen LogP contribution in [-0.4, -0.2) is 54.9 Å². The number of piperidine rings is 1. The molecule has 2 aromatic heterocycles. The second kappa shape index (κ2) is 6.10. The third-order valence-corrected chi connectivity index (χ3v) is 3.66. The van der Waals surface area contributed by atoms with Crippen molar-refractivity contribution in [1.29, 1.82) is 0 Å². The molecule has 10 heteroatoms. The molecule has 130 valence electrons. The molecule has 1 aliphatic heterocycles. The zero-order valence-corrected chi connectivity index (χ0v) is 13.9. The topological polar surface area (TPSA) is 119 Å². The number of hydrogen-bond acceptors (Lipinski definition) is 7. The van der Waals surface area contributed by atoms with Crippen molar-refractivity contribution in [3.8, 4) is 11.6 Å². The van der Waals surface area contributed by atoms with Gasteiger partial charge < -0.3 is 14.1 Å². The van der Waals surface area contributed by atoms with Gasteiger partial charge in [-0.05, 0) is 33.6 Å². The molecule has 2 aromatic rings. The summed E-state index contributed by atoms with van der Waals surface area (Å²) in [5.41, 5.74) is -0.106. The molecule has 3 heterocycles. The lowest BCUT2D eigenvalue weighted by atomic mass is 10.1. The van der Waals surface area contributed by atoms with Crippen LogP contribution in [0.5, 0.6) is 0 Å². The van der Waals surface area contributed by atoms with Gasteiger partial charge in [-0.25, -0.2) is 19.4 Å². The molecule has 1 N–H and O–H groups in total. The highest BCUT2D eigenvalue weighted by Gasteiger charge is 2.28. The molecule has 1 aliphatic rings. The summed E-state index contributed by atoms with van der Waals surface area (Å²) in [4.78, 5) is 24.7. The fourth-order valence-corrected chi connectivity index (χ4v) is 2.53. The Hall–Kier alpha value is -2.65. The number of carbonyl (C=O) groups excluding carboxylic acids is 1. The Balaban J connectivity index is 1.60. The van der Waals surface area contributed by atoms with Crippen LogP contribution in [0.2, 0.25) is 0 Å². The van der Waals surface area contributed by atoms with Crippen LogP contribution in [0.4, 0.5) is 4.79 Å². The highest BCUT2D eigenvalue weighted by molar-refractivity contribution is 5.68. The molecule has 0 saturated carbocycles. The van der Waals surface area contributed by atoms with Crippen LogP contribution in [0.1, 0.15) is 39.7 Å². The zero-order valence-electron chi connectivity index (χ0n) is 13.9. The van der Waals surface area contributed by atoms with Gasteiger partial charge in [0.15, 0.2) is 5.69 Å². The van der Waals surface area contributed by atoms with Crippen molar-refractivity contribution in [2.75, 3.05) is 13.1 Å². The van der Waals surface area contributed by atoms with E-state index in [1.165, 1.54) is 0 Å². The third kappa shape index (κ3) is 3.63. The smallest absolute Gasteiger partial charge is 0.434 e. The fraction of sp³-hybridized carbons (Fsp3) is 0.643. The molecular formula is C14H20N6O4. The number of ether oxygens (including phenoxy) is 1. The first-order chi connectivity index (χ1) is 11.3. The Morgan fingerprint density at radius 2 is 2.08 bits per heavy atom. The van der Waals surface area contributed by atoms with E-state index in [-0.39, 0.29) is 18.0 Å². The van der Waals surface area contributed by atoms with Crippen LogP contribution in [-0.2, 0) is 4.74 Å². The number of hydrogen-bond donors (Lipinski definition) is 1. The van der Waals surface area contributed by atoms with Crippen LogP contribution in [0.25, 0.3) is 11.6 Å². The molecule has 0 aliphatic carbocycles. The van der Waals surface area contributed by atoms with Gasteiger partial charge in [0.05, 0.1) is 12.2 Å². The molecule has 1 saturated heterocycles. The molecule has 0 radical (unpaired) electrons. The molecule has 1 amide bonds. The first-order valence-electron chi connectivity index (χ1n) is 7.77. The average molecular weight is 336 g/mol. The van der Waals surface area contributed by atoms with Crippen molar-refractivity contribution in [3.05, 3.63) is 16.7 Å². The van der Waals surface area contributed by atoms with E-state index >= 15 is 0 Å². The zero-order chi connectivity index (χ0) is 17.3. The van der Waals surface area contributed by atoms with E-state index in [9.17, 15) is 9.59 Å². The van der Waals surface area contributed by atoms with E-state index in [0.717, 1.165) is 12.8 Å². The minimum atomic E-state index is -0.634. The van der Waals surface area contributed by atoms with Crippen molar-refractivity contribution in [1.82, 2.24) is 30.1 Å². The quantitative estimate of drug-likeness (QED) is 0.874. The minimum Gasteiger partial charge on any atom is -0.444 e. The summed E-state index contributed by atoms with van der Waals surface area (Å²) in [6, 6.07) is 0.121.